The van der Waals surface area contributed by atoms with Crippen molar-refractivity contribution < 1.29 is 18.0 Å². The Hall–Kier alpha value is -2.76. The van der Waals surface area contributed by atoms with Gasteiger partial charge in [-0.15, -0.1) is 0 Å². The van der Waals surface area contributed by atoms with Gasteiger partial charge in [-0.1, -0.05) is 6.58 Å². The largest absolute Gasteiger partial charge is 0.398 e. The summed E-state index contributed by atoms with van der Waals surface area (Å²) in [6.45, 7) is 5.69. The molecule has 0 unspecified atom stereocenters. The van der Waals surface area contributed by atoms with Crippen molar-refractivity contribution in [2.45, 2.75) is 26.4 Å². The summed E-state index contributed by atoms with van der Waals surface area (Å²) in [5, 5.41) is 8.64. The van der Waals surface area contributed by atoms with Gasteiger partial charge in [0.2, 0.25) is 5.91 Å². The molecule has 24 heavy (non-hydrogen) atoms. The van der Waals surface area contributed by atoms with Gasteiger partial charge in [0.15, 0.2) is 5.67 Å². The maximum Gasteiger partial charge on any atom is 0.221 e. The first-order valence-corrected chi connectivity index (χ1v) is 6.75. The maximum absolute atomic E-state index is 13.9. The van der Waals surface area contributed by atoms with Gasteiger partial charge in [0.25, 0.3) is 0 Å². The van der Waals surface area contributed by atoms with Crippen LogP contribution in [-0.4, -0.2) is 35.5 Å². The zero-order chi connectivity index (χ0) is 19.1. The number of alkyl halides is 1. The number of carbonyl (C=O) groups excluding carboxylic acids is 1. The molecule has 0 fully saturated rings. The predicted octanol–water partition coefficient (Wildman–Crippen LogP) is 1.97. The predicted molar refractivity (Wildman–Crippen MR) is 85.3 cm³/mol. The summed E-state index contributed by atoms with van der Waals surface area (Å²) in [6, 6.07) is 1.42. The van der Waals surface area contributed by atoms with E-state index in [0.29, 0.717) is 6.08 Å². The number of carbonyl (C=O) groups is 1. The van der Waals surface area contributed by atoms with E-state index in [1.807, 2.05) is 0 Å². The molecule has 0 rings (SSSR count). The standard InChI is InChI=1S/C15H20F3N5O/c1-9(16)11(6-19)5-12(17)13(20)7-23(10(2)24)8-22-14(21)15(3,4)18/h5H,1,7-8,20H2,2-4H3,(H2,21,22)/b11-5-,13-12+. The minimum atomic E-state index is -1.87. The van der Waals surface area contributed by atoms with Crippen molar-refractivity contribution in [1.29, 1.82) is 5.26 Å². The summed E-state index contributed by atoms with van der Waals surface area (Å²) in [5.41, 5.74) is 7.99. The van der Waals surface area contributed by atoms with E-state index >= 15 is 0 Å². The molecule has 0 aromatic heterocycles. The Morgan fingerprint density at radius 1 is 1.42 bits per heavy atom. The van der Waals surface area contributed by atoms with E-state index in [2.05, 4.69) is 11.6 Å². The molecule has 4 N–H and O–H groups in total. The number of rotatable bonds is 7. The number of hydrogen-bond donors (Lipinski definition) is 2. The van der Waals surface area contributed by atoms with Crippen LogP contribution in [-0.2, 0) is 4.79 Å². The molecule has 6 nitrogen and oxygen atoms in total. The van der Waals surface area contributed by atoms with Gasteiger partial charge >= 0.3 is 0 Å². The normalized spacial score (nSPS) is 13.9. The highest BCUT2D eigenvalue weighted by atomic mass is 19.1. The van der Waals surface area contributed by atoms with Crippen molar-refractivity contribution in [3.05, 3.63) is 35.6 Å². The van der Waals surface area contributed by atoms with Gasteiger partial charge in [-0.2, -0.15) is 5.26 Å². The second-order valence-electron chi connectivity index (χ2n) is 5.32. The van der Waals surface area contributed by atoms with E-state index in [9.17, 15) is 18.0 Å². The summed E-state index contributed by atoms with van der Waals surface area (Å²) in [4.78, 5) is 16.2. The smallest absolute Gasteiger partial charge is 0.221 e. The van der Waals surface area contributed by atoms with Crippen LogP contribution in [0.1, 0.15) is 20.8 Å². The van der Waals surface area contributed by atoms with Gasteiger partial charge in [-0.25, -0.2) is 18.2 Å². The number of amides is 1. The SMILES string of the molecule is C=C(F)/C(C#N)=C\C(F)=C(/N)CN(CN=C(N)C(C)(C)F)C(C)=O. The topological polar surface area (TPSA) is 108 Å². The minimum absolute atomic E-state index is 0.336. The van der Waals surface area contributed by atoms with Crippen molar-refractivity contribution in [3.8, 4) is 6.07 Å². The monoisotopic (exact) mass is 343 g/mol. The van der Waals surface area contributed by atoms with Crippen molar-refractivity contribution >= 4 is 11.7 Å². The Morgan fingerprint density at radius 2 is 1.96 bits per heavy atom. The maximum atomic E-state index is 13.9. The van der Waals surface area contributed by atoms with Crippen LogP contribution in [0.25, 0.3) is 0 Å². The molecule has 0 heterocycles. The van der Waals surface area contributed by atoms with Crippen molar-refractivity contribution in [3.63, 3.8) is 0 Å². The van der Waals surface area contributed by atoms with E-state index in [-0.39, 0.29) is 12.5 Å². The fourth-order valence-corrected chi connectivity index (χ4v) is 1.28. The number of nitrogens with two attached hydrogens (primary N) is 2. The molecule has 132 valence electrons. The fraction of sp³-hybridized carbons (Fsp3) is 0.400. The van der Waals surface area contributed by atoms with E-state index in [1.165, 1.54) is 26.8 Å². The lowest BCUT2D eigenvalue weighted by molar-refractivity contribution is -0.128. The molecule has 0 aromatic rings. The number of aliphatic imine (C=N–C) groups is 1. The summed E-state index contributed by atoms with van der Waals surface area (Å²) in [5.74, 6) is -3.07. The second-order valence-corrected chi connectivity index (χ2v) is 5.32. The Kier molecular flexibility index (Phi) is 7.76. The van der Waals surface area contributed by atoms with Crippen molar-refractivity contribution in [2.75, 3.05) is 13.2 Å². The summed E-state index contributed by atoms with van der Waals surface area (Å²) < 4.78 is 40.3. The molecular weight excluding hydrogens is 323 g/mol. The van der Waals surface area contributed by atoms with Gasteiger partial charge in [0, 0.05) is 6.92 Å². The minimum Gasteiger partial charge on any atom is -0.398 e. The Bertz CT molecular complexity index is 638. The lowest BCUT2D eigenvalue weighted by Crippen LogP contribution is -2.38. The molecule has 0 atom stereocenters. The van der Waals surface area contributed by atoms with Crippen LogP contribution in [0.3, 0.4) is 0 Å². The zero-order valence-corrected chi connectivity index (χ0v) is 13.7. The highest BCUT2D eigenvalue weighted by Gasteiger charge is 2.21. The van der Waals surface area contributed by atoms with Crippen LogP contribution in [0.15, 0.2) is 40.6 Å². The van der Waals surface area contributed by atoms with Crippen LogP contribution >= 0.6 is 0 Å². The first kappa shape index (κ1) is 21.2. The van der Waals surface area contributed by atoms with E-state index in [1.54, 1.807) is 0 Å². The van der Waals surface area contributed by atoms with Gasteiger partial charge in [-0.05, 0) is 19.9 Å². The molecule has 0 saturated carbocycles. The van der Waals surface area contributed by atoms with Gasteiger partial charge < -0.3 is 16.4 Å². The molecule has 0 radical (unpaired) electrons. The molecule has 1 amide bonds. The fourth-order valence-electron chi connectivity index (χ4n) is 1.28. The molecule has 0 spiro atoms. The number of hydrogen-bond acceptors (Lipinski definition) is 4. The van der Waals surface area contributed by atoms with Crippen LogP contribution in [0.2, 0.25) is 0 Å². The second kappa shape index (κ2) is 8.76. The van der Waals surface area contributed by atoms with Crippen LogP contribution in [0.5, 0.6) is 0 Å². The number of nitrogens with zero attached hydrogens (tertiary/aromatic N) is 3. The summed E-state index contributed by atoms with van der Waals surface area (Å²) in [6.07, 6.45) is 0.568. The Balaban J connectivity index is 5.34. The van der Waals surface area contributed by atoms with Crippen LogP contribution in [0.4, 0.5) is 13.2 Å². The molecule has 0 aliphatic rings. The Morgan fingerprint density at radius 3 is 2.33 bits per heavy atom. The third-order valence-electron chi connectivity index (χ3n) is 2.82. The average molecular weight is 343 g/mol. The number of allylic oxidation sites excluding steroid dienone is 4. The first-order valence-electron chi connectivity index (χ1n) is 6.75. The number of amidine groups is 1. The number of nitriles is 1. The van der Waals surface area contributed by atoms with Crippen molar-refractivity contribution in [2.24, 2.45) is 16.5 Å². The molecule has 0 aliphatic carbocycles. The van der Waals surface area contributed by atoms with E-state index in [4.69, 9.17) is 16.7 Å². The van der Waals surface area contributed by atoms with E-state index in [0.717, 1.165) is 4.90 Å². The highest BCUT2D eigenvalue weighted by Crippen LogP contribution is 2.14. The third kappa shape index (κ3) is 7.00. The quantitative estimate of drug-likeness (QED) is 0.319. The highest BCUT2D eigenvalue weighted by molar-refractivity contribution is 5.88. The average Bonchev–Trinajstić information content (AvgIpc) is 2.46. The number of halogens is 3. The molecule has 0 bridgehead atoms. The van der Waals surface area contributed by atoms with Crippen LogP contribution < -0.4 is 11.5 Å². The summed E-state index contributed by atoms with van der Waals surface area (Å²) in [7, 11) is 0. The zero-order valence-electron chi connectivity index (χ0n) is 13.7. The van der Waals surface area contributed by atoms with Gasteiger partial charge in [-0.3, -0.25) is 4.79 Å². The molecule has 0 aromatic carbocycles. The molecule has 0 aliphatic heterocycles. The summed E-state index contributed by atoms with van der Waals surface area (Å²) >= 11 is 0. The van der Waals surface area contributed by atoms with Crippen molar-refractivity contribution in [1.82, 2.24) is 4.90 Å². The molecule has 0 saturated heterocycles. The van der Waals surface area contributed by atoms with Gasteiger partial charge in [0.1, 0.15) is 30.2 Å². The van der Waals surface area contributed by atoms with Gasteiger partial charge in [0.05, 0.1) is 17.8 Å². The third-order valence-corrected chi connectivity index (χ3v) is 2.82. The lowest BCUT2D eigenvalue weighted by Gasteiger charge is -2.21. The molecular formula is C15H20F3N5O. The van der Waals surface area contributed by atoms with E-state index < -0.39 is 41.0 Å². The van der Waals surface area contributed by atoms with Crippen LogP contribution in [0, 0.1) is 11.3 Å². The molecule has 9 heteroatoms. The Labute approximate surface area is 138 Å². The first-order chi connectivity index (χ1) is 10.9. The lowest BCUT2D eigenvalue weighted by atomic mass is 10.1.